The lowest BCUT2D eigenvalue weighted by molar-refractivity contribution is -0.384. The van der Waals surface area contributed by atoms with Gasteiger partial charge in [-0.15, -0.1) is 0 Å². The molecule has 1 saturated heterocycles. The molecule has 7 heteroatoms. The summed E-state index contributed by atoms with van der Waals surface area (Å²) in [7, 11) is 0. The Bertz CT molecular complexity index is 1000. The smallest absolute Gasteiger partial charge is 0.270 e. The molecule has 0 aliphatic carbocycles. The summed E-state index contributed by atoms with van der Waals surface area (Å²) in [5, 5.41) is 14.6. The number of benzene rings is 2. The van der Waals surface area contributed by atoms with Crippen LogP contribution < -0.4 is 10.2 Å². The highest BCUT2D eigenvalue weighted by Crippen LogP contribution is 2.52. The van der Waals surface area contributed by atoms with Crippen LogP contribution in [0.3, 0.4) is 0 Å². The number of anilines is 1. The molecule has 0 spiro atoms. The first-order valence-corrected chi connectivity index (χ1v) is 8.95. The summed E-state index contributed by atoms with van der Waals surface area (Å²) < 4.78 is 0. The molecule has 2 aliphatic heterocycles. The number of fused-ring (bicyclic) bond motifs is 3. The van der Waals surface area contributed by atoms with Crippen molar-refractivity contribution in [1.82, 2.24) is 5.32 Å². The van der Waals surface area contributed by atoms with Gasteiger partial charge in [-0.05, 0) is 29.3 Å². The summed E-state index contributed by atoms with van der Waals surface area (Å²) in [5.74, 6) is -0.0626. The van der Waals surface area contributed by atoms with Crippen LogP contribution in [-0.4, -0.2) is 23.0 Å². The third-order valence-electron chi connectivity index (χ3n) is 5.57. The van der Waals surface area contributed by atoms with E-state index in [1.807, 2.05) is 29.2 Å². The second-order valence-electron chi connectivity index (χ2n) is 7.34. The molecule has 0 saturated carbocycles. The first kappa shape index (κ1) is 17.5. The standard InChI is InChI=1S/C20H18ClN3O3/c1-19(2)15-5-3-4-6-17(15)23-12-18(25)22-20(19,23)10-9-13-11-14(24(26)27)7-8-16(13)21/h3-11H,12H2,1-2H3,(H,22,25). The third kappa shape index (κ3) is 2.44. The van der Waals surface area contributed by atoms with Gasteiger partial charge in [0.15, 0.2) is 0 Å². The Kier molecular flexibility index (Phi) is 3.78. The number of carbonyl (C=O) groups excluding carboxylic acids is 1. The van der Waals surface area contributed by atoms with Gasteiger partial charge in [0, 0.05) is 28.3 Å². The van der Waals surface area contributed by atoms with E-state index < -0.39 is 16.0 Å². The van der Waals surface area contributed by atoms with Crippen molar-refractivity contribution in [1.29, 1.82) is 0 Å². The summed E-state index contributed by atoms with van der Waals surface area (Å²) in [6.07, 6.45) is 3.64. The second-order valence-corrected chi connectivity index (χ2v) is 7.75. The zero-order valence-corrected chi connectivity index (χ0v) is 15.7. The molecule has 0 aromatic heterocycles. The Hall–Kier alpha value is -2.86. The zero-order valence-electron chi connectivity index (χ0n) is 14.9. The first-order valence-electron chi connectivity index (χ1n) is 8.57. The minimum absolute atomic E-state index is 0.0298. The van der Waals surface area contributed by atoms with Crippen molar-refractivity contribution >= 4 is 35.0 Å². The average molecular weight is 384 g/mol. The van der Waals surface area contributed by atoms with Gasteiger partial charge in [-0.2, -0.15) is 0 Å². The maximum absolute atomic E-state index is 12.3. The summed E-state index contributed by atoms with van der Waals surface area (Å²) >= 11 is 6.24. The van der Waals surface area contributed by atoms with Crippen LogP contribution in [0, 0.1) is 10.1 Å². The predicted octanol–water partition coefficient (Wildman–Crippen LogP) is 3.89. The maximum Gasteiger partial charge on any atom is 0.270 e. The third-order valence-corrected chi connectivity index (χ3v) is 5.92. The molecule has 6 nitrogen and oxygen atoms in total. The number of non-ortho nitro benzene ring substituents is 1. The molecule has 1 amide bonds. The number of hydrogen-bond donors (Lipinski definition) is 1. The Morgan fingerprint density at radius 3 is 2.74 bits per heavy atom. The minimum atomic E-state index is -0.762. The number of nitrogens with one attached hydrogen (secondary N) is 1. The van der Waals surface area contributed by atoms with Crippen LogP contribution in [0.2, 0.25) is 5.02 Å². The van der Waals surface area contributed by atoms with Crippen LogP contribution in [0.15, 0.2) is 48.5 Å². The number of nitro groups is 1. The van der Waals surface area contributed by atoms with Crippen LogP contribution in [0.1, 0.15) is 25.0 Å². The number of rotatable bonds is 3. The normalized spacial score (nSPS) is 22.6. The van der Waals surface area contributed by atoms with Crippen LogP contribution >= 0.6 is 11.6 Å². The molecular formula is C20H18ClN3O3. The Labute approximate surface area is 161 Å². The number of hydrogen-bond acceptors (Lipinski definition) is 4. The molecule has 0 radical (unpaired) electrons. The van der Waals surface area contributed by atoms with Crippen LogP contribution in [0.5, 0.6) is 0 Å². The lowest BCUT2D eigenvalue weighted by atomic mass is 9.75. The molecule has 2 aromatic carbocycles. The van der Waals surface area contributed by atoms with Gasteiger partial charge in [-0.3, -0.25) is 14.9 Å². The molecule has 1 unspecified atom stereocenters. The van der Waals surface area contributed by atoms with Crippen molar-refractivity contribution in [2.45, 2.75) is 24.9 Å². The number of nitro benzene ring substituents is 1. The van der Waals surface area contributed by atoms with E-state index in [2.05, 4.69) is 25.2 Å². The molecule has 0 bridgehead atoms. The predicted molar refractivity (Wildman–Crippen MR) is 105 cm³/mol. The zero-order chi connectivity index (χ0) is 19.4. The van der Waals surface area contributed by atoms with Gasteiger partial charge in [0.05, 0.1) is 11.5 Å². The molecule has 1 atom stereocenters. The average Bonchev–Trinajstić information content (AvgIpc) is 3.06. The highest BCUT2D eigenvalue weighted by molar-refractivity contribution is 6.32. The molecule has 1 N–H and O–H groups in total. The van der Waals surface area contributed by atoms with Crippen molar-refractivity contribution in [3.8, 4) is 0 Å². The monoisotopic (exact) mass is 383 g/mol. The number of halogens is 1. The van der Waals surface area contributed by atoms with Crippen molar-refractivity contribution in [2.24, 2.45) is 0 Å². The van der Waals surface area contributed by atoms with Gasteiger partial charge >= 0.3 is 0 Å². The summed E-state index contributed by atoms with van der Waals surface area (Å²) in [6.45, 7) is 4.42. The van der Waals surface area contributed by atoms with E-state index >= 15 is 0 Å². The molecular weight excluding hydrogens is 366 g/mol. The highest BCUT2D eigenvalue weighted by atomic mass is 35.5. The SMILES string of the molecule is CC1(C)c2ccccc2N2CC(=O)NC21C=Cc1cc([N+](=O)[O-])ccc1Cl. The fourth-order valence-electron chi connectivity index (χ4n) is 4.12. The second kappa shape index (κ2) is 5.82. The molecule has 2 aliphatic rings. The van der Waals surface area contributed by atoms with E-state index in [-0.39, 0.29) is 18.1 Å². The van der Waals surface area contributed by atoms with E-state index in [0.29, 0.717) is 10.6 Å². The first-order chi connectivity index (χ1) is 12.8. The molecule has 1 fully saturated rings. The number of para-hydroxylation sites is 1. The lowest BCUT2D eigenvalue weighted by Crippen LogP contribution is -2.58. The molecule has 27 heavy (non-hydrogen) atoms. The molecule has 138 valence electrons. The molecule has 4 rings (SSSR count). The van der Waals surface area contributed by atoms with Gasteiger partial charge in [0.25, 0.3) is 5.69 Å². The summed E-state index contributed by atoms with van der Waals surface area (Å²) in [6, 6.07) is 12.3. The molecule has 2 heterocycles. The maximum atomic E-state index is 12.3. The van der Waals surface area contributed by atoms with Gasteiger partial charge in [0.1, 0.15) is 5.66 Å². The van der Waals surface area contributed by atoms with Gasteiger partial charge < -0.3 is 10.2 Å². The van der Waals surface area contributed by atoms with Crippen molar-refractivity contribution in [3.63, 3.8) is 0 Å². The van der Waals surface area contributed by atoms with Gasteiger partial charge in [-0.1, -0.05) is 49.7 Å². The van der Waals surface area contributed by atoms with Crippen molar-refractivity contribution < 1.29 is 9.72 Å². The molecule has 2 aromatic rings. The minimum Gasteiger partial charge on any atom is -0.335 e. The van der Waals surface area contributed by atoms with Crippen LogP contribution in [0.4, 0.5) is 11.4 Å². The number of nitrogens with zero attached hydrogens (tertiary/aromatic N) is 2. The van der Waals surface area contributed by atoms with Crippen molar-refractivity contribution in [2.75, 3.05) is 11.4 Å². The van der Waals surface area contributed by atoms with E-state index in [4.69, 9.17) is 11.6 Å². The highest BCUT2D eigenvalue weighted by Gasteiger charge is 2.59. The summed E-state index contributed by atoms with van der Waals surface area (Å²) in [4.78, 5) is 24.9. The Morgan fingerprint density at radius 1 is 1.26 bits per heavy atom. The van der Waals surface area contributed by atoms with E-state index in [1.165, 1.54) is 18.2 Å². The lowest BCUT2D eigenvalue weighted by Gasteiger charge is -2.40. The Morgan fingerprint density at radius 2 is 2.00 bits per heavy atom. The fraction of sp³-hybridized carbons (Fsp3) is 0.250. The largest absolute Gasteiger partial charge is 0.335 e. The van der Waals surface area contributed by atoms with Crippen LogP contribution in [0.25, 0.3) is 6.08 Å². The quantitative estimate of drug-likeness (QED) is 0.644. The fourth-order valence-corrected chi connectivity index (χ4v) is 4.30. The Balaban J connectivity index is 1.83. The number of carbonyl (C=O) groups is 1. The number of amides is 1. The van der Waals surface area contributed by atoms with E-state index in [9.17, 15) is 14.9 Å². The van der Waals surface area contributed by atoms with Crippen molar-refractivity contribution in [3.05, 3.63) is 74.8 Å². The van der Waals surface area contributed by atoms with Crippen LogP contribution in [-0.2, 0) is 10.2 Å². The van der Waals surface area contributed by atoms with Gasteiger partial charge in [-0.25, -0.2) is 0 Å². The van der Waals surface area contributed by atoms with E-state index in [0.717, 1.165) is 11.3 Å². The topological polar surface area (TPSA) is 75.5 Å². The summed E-state index contributed by atoms with van der Waals surface area (Å²) in [5.41, 5.74) is 1.49. The van der Waals surface area contributed by atoms with E-state index in [1.54, 1.807) is 6.08 Å². The van der Waals surface area contributed by atoms with Gasteiger partial charge in [0.2, 0.25) is 5.91 Å².